The first kappa shape index (κ1) is 16.3. The molecule has 2 amide bonds. The second-order valence-corrected chi connectivity index (χ2v) is 7.29. The quantitative estimate of drug-likeness (QED) is 0.897. The Bertz CT molecular complexity index is 789. The number of carbonyl (C=O) groups excluding carboxylic acids is 1. The molecule has 22 heavy (non-hydrogen) atoms. The summed E-state index contributed by atoms with van der Waals surface area (Å²) in [4.78, 5) is 11.4. The van der Waals surface area contributed by atoms with Crippen LogP contribution in [0.4, 0.5) is 4.79 Å². The number of nitrogens with two attached hydrogens (primary N) is 1. The lowest BCUT2D eigenvalue weighted by Gasteiger charge is -2.19. The van der Waals surface area contributed by atoms with E-state index >= 15 is 0 Å². The van der Waals surface area contributed by atoms with Gasteiger partial charge in [0, 0.05) is 11.3 Å². The molecule has 0 aromatic heterocycles. The Morgan fingerprint density at radius 3 is 2.32 bits per heavy atom. The highest BCUT2D eigenvalue weighted by atomic mass is 35.5. The molecule has 0 fully saturated rings. The Balaban J connectivity index is 2.50. The average molecular weight is 339 g/mol. The van der Waals surface area contributed by atoms with Gasteiger partial charge in [0.1, 0.15) is 0 Å². The van der Waals surface area contributed by atoms with Gasteiger partial charge in [-0.15, -0.1) is 0 Å². The summed E-state index contributed by atoms with van der Waals surface area (Å²) in [5, 5.41) is 3.17. The summed E-state index contributed by atoms with van der Waals surface area (Å²) < 4.78 is 23.4. The topological polar surface area (TPSA) is 89.3 Å². The number of carbonyl (C=O) groups is 1. The molecule has 116 valence electrons. The SMILES string of the molecule is CS(=O)(=O)c1cccc([C@H](NC(N)=O)c2ccc(Cl)cc2)c1. The highest BCUT2D eigenvalue weighted by Gasteiger charge is 2.17. The van der Waals surface area contributed by atoms with Gasteiger partial charge in [0.05, 0.1) is 10.9 Å². The van der Waals surface area contributed by atoms with E-state index in [0.29, 0.717) is 10.6 Å². The van der Waals surface area contributed by atoms with Gasteiger partial charge < -0.3 is 11.1 Å². The molecule has 7 heteroatoms. The number of benzene rings is 2. The Morgan fingerprint density at radius 2 is 1.77 bits per heavy atom. The summed E-state index contributed by atoms with van der Waals surface area (Å²) in [5.74, 6) is 0. The molecule has 0 spiro atoms. The molecule has 0 saturated heterocycles. The third-order valence-electron chi connectivity index (χ3n) is 3.11. The number of amides is 2. The number of halogens is 1. The van der Waals surface area contributed by atoms with E-state index in [1.807, 2.05) is 0 Å². The van der Waals surface area contributed by atoms with Crippen molar-refractivity contribution in [3.8, 4) is 0 Å². The average Bonchev–Trinajstić information content (AvgIpc) is 2.45. The molecular formula is C15H15ClN2O3S. The van der Waals surface area contributed by atoms with E-state index in [9.17, 15) is 13.2 Å². The molecule has 2 rings (SSSR count). The van der Waals surface area contributed by atoms with Crippen LogP contribution in [-0.4, -0.2) is 20.7 Å². The third kappa shape index (κ3) is 3.99. The lowest BCUT2D eigenvalue weighted by molar-refractivity contribution is 0.247. The van der Waals surface area contributed by atoms with E-state index < -0.39 is 21.9 Å². The standard InChI is InChI=1S/C15H15ClN2O3S/c1-22(20,21)13-4-2-3-11(9-13)14(18-15(17)19)10-5-7-12(16)8-6-10/h2-9,14H,1H3,(H3,17,18,19)/t14-/m1/s1. The van der Waals surface area contributed by atoms with Crippen LogP contribution in [0.15, 0.2) is 53.4 Å². The van der Waals surface area contributed by atoms with Crippen molar-refractivity contribution in [2.75, 3.05) is 6.26 Å². The van der Waals surface area contributed by atoms with Crippen molar-refractivity contribution in [2.45, 2.75) is 10.9 Å². The van der Waals surface area contributed by atoms with Crippen LogP contribution in [-0.2, 0) is 9.84 Å². The predicted molar refractivity (Wildman–Crippen MR) is 85.6 cm³/mol. The molecule has 5 nitrogen and oxygen atoms in total. The first-order valence-electron chi connectivity index (χ1n) is 6.39. The lowest BCUT2D eigenvalue weighted by Crippen LogP contribution is -2.33. The summed E-state index contributed by atoms with van der Waals surface area (Å²) >= 11 is 5.86. The zero-order valence-corrected chi connectivity index (χ0v) is 13.4. The van der Waals surface area contributed by atoms with E-state index in [1.165, 1.54) is 12.1 Å². The number of nitrogens with one attached hydrogen (secondary N) is 1. The zero-order chi connectivity index (χ0) is 16.3. The maximum absolute atomic E-state index is 11.7. The molecular weight excluding hydrogens is 324 g/mol. The van der Waals surface area contributed by atoms with Crippen LogP contribution in [0.2, 0.25) is 5.02 Å². The monoisotopic (exact) mass is 338 g/mol. The molecule has 2 aromatic carbocycles. The van der Waals surface area contributed by atoms with Crippen molar-refractivity contribution < 1.29 is 13.2 Å². The molecule has 0 unspecified atom stereocenters. The van der Waals surface area contributed by atoms with Crippen molar-refractivity contribution in [1.82, 2.24) is 5.32 Å². The molecule has 0 aliphatic heterocycles. The Hall–Kier alpha value is -2.05. The van der Waals surface area contributed by atoms with Gasteiger partial charge in [-0.05, 0) is 35.4 Å². The maximum atomic E-state index is 11.7. The highest BCUT2D eigenvalue weighted by molar-refractivity contribution is 7.90. The van der Waals surface area contributed by atoms with E-state index in [2.05, 4.69) is 5.32 Å². The van der Waals surface area contributed by atoms with Crippen LogP contribution in [0.25, 0.3) is 0 Å². The molecule has 0 radical (unpaired) electrons. The summed E-state index contributed by atoms with van der Waals surface area (Å²) in [5.41, 5.74) is 6.59. The molecule has 3 N–H and O–H groups in total. The van der Waals surface area contributed by atoms with E-state index in [0.717, 1.165) is 11.8 Å². The van der Waals surface area contributed by atoms with Crippen molar-refractivity contribution in [3.63, 3.8) is 0 Å². The highest BCUT2D eigenvalue weighted by Crippen LogP contribution is 2.25. The molecule has 0 aliphatic carbocycles. The Labute approximate surface area is 134 Å². The van der Waals surface area contributed by atoms with Crippen LogP contribution in [0, 0.1) is 0 Å². The smallest absolute Gasteiger partial charge is 0.312 e. The molecule has 0 bridgehead atoms. The van der Waals surface area contributed by atoms with Crippen molar-refractivity contribution in [1.29, 1.82) is 0 Å². The molecule has 0 heterocycles. The van der Waals surface area contributed by atoms with Gasteiger partial charge in [0.2, 0.25) is 0 Å². The summed E-state index contributed by atoms with van der Waals surface area (Å²) in [6, 6.07) is 12.0. The van der Waals surface area contributed by atoms with Crippen LogP contribution >= 0.6 is 11.6 Å². The lowest BCUT2D eigenvalue weighted by atomic mass is 9.99. The van der Waals surface area contributed by atoms with Crippen LogP contribution in [0.1, 0.15) is 17.2 Å². The number of rotatable bonds is 4. The van der Waals surface area contributed by atoms with Crippen LogP contribution in [0.3, 0.4) is 0 Å². The molecule has 1 atom stereocenters. The first-order chi connectivity index (χ1) is 10.3. The number of sulfone groups is 1. The number of hydrogen-bond acceptors (Lipinski definition) is 3. The fraction of sp³-hybridized carbons (Fsp3) is 0.133. The van der Waals surface area contributed by atoms with E-state index in [1.54, 1.807) is 36.4 Å². The normalized spacial score (nSPS) is 12.6. The number of hydrogen-bond donors (Lipinski definition) is 2. The minimum Gasteiger partial charge on any atom is -0.352 e. The van der Waals surface area contributed by atoms with Crippen molar-refractivity contribution in [3.05, 3.63) is 64.7 Å². The predicted octanol–water partition coefficient (Wildman–Crippen LogP) is 2.50. The van der Waals surface area contributed by atoms with Crippen molar-refractivity contribution in [2.24, 2.45) is 5.73 Å². The van der Waals surface area contributed by atoms with Gasteiger partial charge in [-0.2, -0.15) is 0 Å². The van der Waals surface area contributed by atoms with E-state index in [-0.39, 0.29) is 4.90 Å². The molecule has 2 aromatic rings. The summed E-state index contributed by atoms with van der Waals surface area (Å²) in [6.07, 6.45) is 1.13. The third-order valence-corrected chi connectivity index (χ3v) is 4.47. The van der Waals surface area contributed by atoms with Gasteiger partial charge in [0.15, 0.2) is 9.84 Å². The van der Waals surface area contributed by atoms with Gasteiger partial charge in [0.25, 0.3) is 0 Å². The van der Waals surface area contributed by atoms with Gasteiger partial charge in [-0.25, -0.2) is 13.2 Å². The number of primary amides is 1. The van der Waals surface area contributed by atoms with Gasteiger partial charge >= 0.3 is 6.03 Å². The van der Waals surface area contributed by atoms with Gasteiger partial charge in [-0.1, -0.05) is 35.9 Å². The van der Waals surface area contributed by atoms with Crippen LogP contribution < -0.4 is 11.1 Å². The fourth-order valence-electron chi connectivity index (χ4n) is 2.08. The summed E-state index contributed by atoms with van der Waals surface area (Å²) in [7, 11) is -3.34. The zero-order valence-electron chi connectivity index (χ0n) is 11.8. The largest absolute Gasteiger partial charge is 0.352 e. The summed E-state index contributed by atoms with van der Waals surface area (Å²) in [6.45, 7) is 0. The second-order valence-electron chi connectivity index (χ2n) is 4.84. The Morgan fingerprint density at radius 1 is 1.14 bits per heavy atom. The number of urea groups is 1. The minimum absolute atomic E-state index is 0.176. The van der Waals surface area contributed by atoms with E-state index in [4.69, 9.17) is 17.3 Å². The van der Waals surface area contributed by atoms with Crippen LogP contribution in [0.5, 0.6) is 0 Å². The second kappa shape index (κ2) is 6.37. The van der Waals surface area contributed by atoms with Gasteiger partial charge in [-0.3, -0.25) is 0 Å². The first-order valence-corrected chi connectivity index (χ1v) is 8.66. The molecule has 0 saturated carbocycles. The van der Waals surface area contributed by atoms with Crippen molar-refractivity contribution >= 4 is 27.5 Å². The molecule has 0 aliphatic rings. The maximum Gasteiger partial charge on any atom is 0.312 e. The Kier molecular flexibility index (Phi) is 4.73. The fourth-order valence-corrected chi connectivity index (χ4v) is 2.88. The minimum atomic E-state index is -3.34.